The first kappa shape index (κ1) is 15.8. The van der Waals surface area contributed by atoms with E-state index in [-0.39, 0.29) is 11.9 Å². The van der Waals surface area contributed by atoms with Crippen LogP contribution in [0.3, 0.4) is 0 Å². The summed E-state index contributed by atoms with van der Waals surface area (Å²) >= 11 is 0. The van der Waals surface area contributed by atoms with Crippen molar-refractivity contribution >= 4 is 12.0 Å². The molecule has 2 aliphatic rings. The Morgan fingerprint density at radius 3 is 2.43 bits per heavy atom. The van der Waals surface area contributed by atoms with Gasteiger partial charge >= 0.3 is 6.09 Å². The van der Waals surface area contributed by atoms with E-state index in [0.717, 1.165) is 24.0 Å². The number of nitrogens with one attached hydrogen (secondary N) is 1. The zero-order chi connectivity index (χ0) is 16.6. The van der Waals surface area contributed by atoms with Gasteiger partial charge in [0.1, 0.15) is 11.6 Å². The summed E-state index contributed by atoms with van der Waals surface area (Å²) in [4.78, 5) is 26.7. The lowest BCUT2D eigenvalue weighted by atomic mass is 9.94. The fourth-order valence-corrected chi connectivity index (χ4v) is 2.79. The third-order valence-corrected chi connectivity index (χ3v) is 4.10. The summed E-state index contributed by atoms with van der Waals surface area (Å²) in [6, 6.07) is 7.73. The van der Waals surface area contributed by atoms with E-state index in [2.05, 4.69) is 5.32 Å². The van der Waals surface area contributed by atoms with Crippen molar-refractivity contribution < 1.29 is 14.3 Å². The van der Waals surface area contributed by atoms with Crippen LogP contribution in [0.15, 0.2) is 24.3 Å². The van der Waals surface area contributed by atoms with Crippen molar-refractivity contribution in [2.24, 2.45) is 0 Å². The minimum Gasteiger partial charge on any atom is -0.444 e. The Hall–Kier alpha value is -2.04. The quantitative estimate of drug-likeness (QED) is 0.912. The zero-order valence-electron chi connectivity index (χ0n) is 14.0. The lowest BCUT2D eigenvalue weighted by Gasteiger charge is -2.36. The van der Waals surface area contributed by atoms with Crippen LogP contribution < -0.4 is 5.32 Å². The van der Waals surface area contributed by atoms with Crippen molar-refractivity contribution in [3.8, 4) is 0 Å². The van der Waals surface area contributed by atoms with Crippen LogP contribution in [0.2, 0.25) is 0 Å². The molecule has 0 aromatic heterocycles. The molecule has 0 spiro atoms. The number of carbonyl (C=O) groups is 2. The second-order valence-corrected chi connectivity index (χ2v) is 7.38. The predicted molar refractivity (Wildman–Crippen MR) is 86.9 cm³/mol. The van der Waals surface area contributed by atoms with Crippen LogP contribution in [-0.4, -0.2) is 34.6 Å². The number of hydrogen-bond acceptors (Lipinski definition) is 3. The standard InChI is InChI=1S/C18H24N2O3/c1-18(2,3)23-17(22)20-11-13-7-5-4-6-12(13)10-15(20)16(21)19-14-8-9-14/h4-7,14-15H,8-11H2,1-3H3,(H,19,21)/t15-/m0/s1. The zero-order valence-corrected chi connectivity index (χ0v) is 14.0. The molecule has 124 valence electrons. The Labute approximate surface area is 137 Å². The number of hydrogen-bond donors (Lipinski definition) is 1. The molecule has 5 nitrogen and oxygen atoms in total. The number of rotatable bonds is 2. The minimum atomic E-state index is -0.578. The molecule has 0 saturated heterocycles. The monoisotopic (exact) mass is 316 g/mol. The molecular weight excluding hydrogens is 292 g/mol. The second kappa shape index (κ2) is 5.87. The molecule has 1 atom stereocenters. The summed E-state index contributed by atoms with van der Waals surface area (Å²) in [5.41, 5.74) is 1.63. The molecule has 1 aliphatic carbocycles. The first-order valence-corrected chi connectivity index (χ1v) is 8.20. The number of carbonyl (C=O) groups excluding carboxylic acids is 2. The van der Waals surface area contributed by atoms with Crippen molar-refractivity contribution in [3.05, 3.63) is 35.4 Å². The molecule has 1 aliphatic heterocycles. The Morgan fingerprint density at radius 1 is 1.17 bits per heavy atom. The van der Waals surface area contributed by atoms with Crippen LogP contribution in [0, 0.1) is 0 Å². The predicted octanol–water partition coefficient (Wildman–Crippen LogP) is 2.63. The molecular formula is C18H24N2O3. The molecule has 1 heterocycles. The van der Waals surface area contributed by atoms with Crippen LogP contribution in [0.25, 0.3) is 0 Å². The van der Waals surface area contributed by atoms with Crippen LogP contribution in [0.1, 0.15) is 44.7 Å². The van der Waals surface area contributed by atoms with Gasteiger partial charge in [-0.15, -0.1) is 0 Å². The fourth-order valence-electron chi connectivity index (χ4n) is 2.79. The molecule has 23 heavy (non-hydrogen) atoms. The van der Waals surface area contributed by atoms with Gasteiger partial charge in [0.25, 0.3) is 0 Å². The fraction of sp³-hybridized carbons (Fsp3) is 0.556. The van der Waals surface area contributed by atoms with E-state index in [4.69, 9.17) is 4.74 Å². The summed E-state index contributed by atoms with van der Waals surface area (Å²) in [6.07, 6.45) is 2.17. The largest absolute Gasteiger partial charge is 0.444 e. The first-order chi connectivity index (χ1) is 10.8. The van der Waals surface area contributed by atoms with Gasteiger partial charge in [-0.25, -0.2) is 4.79 Å². The molecule has 1 aromatic carbocycles. The van der Waals surface area contributed by atoms with E-state index in [0.29, 0.717) is 13.0 Å². The number of nitrogens with zero attached hydrogens (tertiary/aromatic N) is 1. The molecule has 3 rings (SSSR count). The lowest BCUT2D eigenvalue weighted by molar-refractivity contribution is -0.127. The van der Waals surface area contributed by atoms with Gasteiger partial charge in [0.05, 0.1) is 6.54 Å². The van der Waals surface area contributed by atoms with Gasteiger partial charge in [0.2, 0.25) is 5.91 Å². The second-order valence-electron chi connectivity index (χ2n) is 7.38. The highest BCUT2D eigenvalue weighted by molar-refractivity contribution is 5.87. The van der Waals surface area contributed by atoms with E-state index in [1.165, 1.54) is 0 Å². The Balaban J connectivity index is 1.83. The van der Waals surface area contributed by atoms with Crippen LogP contribution in [-0.2, 0) is 22.5 Å². The van der Waals surface area contributed by atoms with E-state index in [1.54, 1.807) is 4.90 Å². The van der Waals surface area contributed by atoms with Gasteiger partial charge < -0.3 is 10.1 Å². The van der Waals surface area contributed by atoms with Gasteiger partial charge in [-0.05, 0) is 44.7 Å². The van der Waals surface area contributed by atoms with Crippen molar-refractivity contribution in [2.45, 2.75) is 64.3 Å². The summed E-state index contributed by atoms with van der Waals surface area (Å²) in [7, 11) is 0. The van der Waals surface area contributed by atoms with Gasteiger partial charge in [-0.3, -0.25) is 9.69 Å². The average molecular weight is 316 g/mol. The molecule has 0 unspecified atom stereocenters. The van der Waals surface area contributed by atoms with Gasteiger partial charge in [-0.2, -0.15) is 0 Å². The molecule has 0 radical (unpaired) electrons. The van der Waals surface area contributed by atoms with E-state index in [1.807, 2.05) is 45.0 Å². The summed E-state index contributed by atoms with van der Waals surface area (Å²) < 4.78 is 5.50. The number of fused-ring (bicyclic) bond motifs is 1. The minimum absolute atomic E-state index is 0.0761. The van der Waals surface area contributed by atoms with Crippen molar-refractivity contribution in [1.82, 2.24) is 10.2 Å². The summed E-state index contributed by atoms with van der Waals surface area (Å²) in [5, 5.41) is 3.01. The highest BCUT2D eigenvalue weighted by Crippen LogP contribution is 2.26. The number of benzene rings is 1. The van der Waals surface area contributed by atoms with Crippen molar-refractivity contribution in [3.63, 3.8) is 0 Å². The molecule has 1 fully saturated rings. The molecule has 2 amide bonds. The maximum absolute atomic E-state index is 12.6. The van der Waals surface area contributed by atoms with E-state index < -0.39 is 17.7 Å². The average Bonchev–Trinajstić information content (AvgIpc) is 3.28. The van der Waals surface area contributed by atoms with Gasteiger partial charge in [0, 0.05) is 12.5 Å². The lowest BCUT2D eigenvalue weighted by Crippen LogP contribution is -2.54. The Morgan fingerprint density at radius 2 is 1.83 bits per heavy atom. The third kappa shape index (κ3) is 3.84. The van der Waals surface area contributed by atoms with Gasteiger partial charge in [0.15, 0.2) is 0 Å². The van der Waals surface area contributed by atoms with Crippen LogP contribution in [0.5, 0.6) is 0 Å². The van der Waals surface area contributed by atoms with Crippen molar-refractivity contribution in [1.29, 1.82) is 0 Å². The van der Waals surface area contributed by atoms with E-state index in [9.17, 15) is 9.59 Å². The number of amides is 2. The Kier molecular flexibility index (Phi) is 4.04. The first-order valence-electron chi connectivity index (χ1n) is 8.20. The summed E-state index contributed by atoms with van der Waals surface area (Å²) in [6.45, 7) is 5.92. The maximum Gasteiger partial charge on any atom is 0.411 e. The maximum atomic E-state index is 12.6. The molecule has 1 saturated carbocycles. The molecule has 0 bridgehead atoms. The SMILES string of the molecule is CC(C)(C)OC(=O)N1Cc2ccccc2C[C@H]1C(=O)NC1CC1. The smallest absolute Gasteiger partial charge is 0.411 e. The molecule has 1 N–H and O–H groups in total. The highest BCUT2D eigenvalue weighted by Gasteiger charge is 2.38. The Bertz CT molecular complexity index is 617. The van der Waals surface area contributed by atoms with Crippen LogP contribution >= 0.6 is 0 Å². The normalized spacial score (nSPS) is 20.7. The van der Waals surface area contributed by atoms with Crippen molar-refractivity contribution in [2.75, 3.05) is 0 Å². The highest BCUT2D eigenvalue weighted by atomic mass is 16.6. The summed E-state index contributed by atoms with van der Waals surface area (Å²) in [5.74, 6) is -0.0761. The van der Waals surface area contributed by atoms with Gasteiger partial charge in [-0.1, -0.05) is 24.3 Å². The molecule has 5 heteroatoms. The number of ether oxygens (including phenoxy) is 1. The van der Waals surface area contributed by atoms with E-state index >= 15 is 0 Å². The molecule has 1 aromatic rings. The third-order valence-electron chi connectivity index (χ3n) is 4.10. The topological polar surface area (TPSA) is 58.6 Å². The van der Waals surface area contributed by atoms with Crippen LogP contribution in [0.4, 0.5) is 4.79 Å².